The third-order valence-corrected chi connectivity index (χ3v) is 2.94. The first-order valence-corrected chi connectivity index (χ1v) is 5.89. The Balaban J connectivity index is 2.09. The highest BCUT2D eigenvalue weighted by Crippen LogP contribution is 2.15. The van der Waals surface area contributed by atoms with E-state index in [9.17, 15) is 9.59 Å². The maximum Gasteiger partial charge on any atom is 0.268 e. The summed E-state index contributed by atoms with van der Waals surface area (Å²) in [6, 6.07) is 10.0. The van der Waals surface area contributed by atoms with Gasteiger partial charge in [0.15, 0.2) is 0 Å². The van der Waals surface area contributed by atoms with Gasteiger partial charge in [-0.1, -0.05) is 18.2 Å². The van der Waals surface area contributed by atoms with Gasteiger partial charge in [0.25, 0.3) is 5.91 Å². The minimum Gasteiger partial charge on any atom is -0.399 e. The quantitative estimate of drug-likeness (QED) is 0.722. The van der Waals surface area contributed by atoms with Crippen LogP contribution >= 0.6 is 0 Å². The van der Waals surface area contributed by atoms with E-state index in [4.69, 9.17) is 5.73 Å². The smallest absolute Gasteiger partial charge is 0.268 e. The monoisotopic (exact) mass is 257 g/mol. The number of aromatic nitrogens is 1. The van der Waals surface area contributed by atoms with E-state index in [-0.39, 0.29) is 17.2 Å². The second kappa shape index (κ2) is 5.39. The Bertz CT molecular complexity index is 662. The number of benzene rings is 1. The first-order chi connectivity index (χ1) is 9.08. The average molecular weight is 257 g/mol. The van der Waals surface area contributed by atoms with E-state index >= 15 is 0 Å². The van der Waals surface area contributed by atoms with Gasteiger partial charge in [-0.25, -0.2) is 0 Å². The maximum absolute atomic E-state index is 11.9. The molecule has 0 aliphatic rings. The minimum absolute atomic E-state index is 0.244. The molecule has 1 amide bonds. The molecule has 0 bridgehead atoms. The Morgan fingerprint density at radius 2 is 2.00 bits per heavy atom. The molecule has 2 rings (SSSR count). The second-order valence-corrected chi connectivity index (χ2v) is 4.24. The SMILES string of the molecule is Cc1c(N)cccc1CNC(=O)c1cccc(=O)[nH]1. The number of nitrogens with two attached hydrogens (primary N) is 1. The van der Waals surface area contributed by atoms with E-state index in [1.54, 1.807) is 12.1 Å². The molecule has 19 heavy (non-hydrogen) atoms. The van der Waals surface area contributed by atoms with Gasteiger partial charge in [0, 0.05) is 18.3 Å². The maximum atomic E-state index is 11.9. The Labute approximate surface area is 110 Å². The van der Waals surface area contributed by atoms with E-state index in [1.807, 2.05) is 25.1 Å². The van der Waals surface area contributed by atoms with Crippen LogP contribution in [0.3, 0.4) is 0 Å². The third-order valence-electron chi connectivity index (χ3n) is 2.94. The van der Waals surface area contributed by atoms with Crippen LogP contribution in [0.15, 0.2) is 41.2 Å². The van der Waals surface area contributed by atoms with Crippen molar-refractivity contribution in [2.45, 2.75) is 13.5 Å². The lowest BCUT2D eigenvalue weighted by molar-refractivity contribution is 0.0945. The number of hydrogen-bond acceptors (Lipinski definition) is 3. The number of nitrogen functional groups attached to an aromatic ring is 1. The van der Waals surface area contributed by atoms with Crippen molar-refractivity contribution < 1.29 is 4.79 Å². The number of anilines is 1. The zero-order valence-electron chi connectivity index (χ0n) is 10.6. The highest BCUT2D eigenvalue weighted by molar-refractivity contribution is 5.92. The molecule has 0 saturated carbocycles. The van der Waals surface area contributed by atoms with Crippen molar-refractivity contribution in [1.29, 1.82) is 0 Å². The van der Waals surface area contributed by atoms with Crippen LogP contribution in [-0.4, -0.2) is 10.9 Å². The van der Waals surface area contributed by atoms with Crippen molar-refractivity contribution in [3.63, 3.8) is 0 Å². The molecule has 5 nitrogen and oxygen atoms in total. The number of aromatic amines is 1. The molecule has 4 N–H and O–H groups in total. The van der Waals surface area contributed by atoms with Crippen LogP contribution < -0.4 is 16.6 Å². The molecule has 0 spiro atoms. The molecular weight excluding hydrogens is 242 g/mol. The number of hydrogen-bond donors (Lipinski definition) is 3. The van der Waals surface area contributed by atoms with Gasteiger partial charge in [0.1, 0.15) is 5.69 Å². The topological polar surface area (TPSA) is 88.0 Å². The number of pyridine rings is 1. The fourth-order valence-electron chi connectivity index (χ4n) is 1.75. The zero-order chi connectivity index (χ0) is 13.8. The molecule has 0 aliphatic heterocycles. The molecule has 1 heterocycles. The second-order valence-electron chi connectivity index (χ2n) is 4.24. The largest absolute Gasteiger partial charge is 0.399 e. The van der Waals surface area contributed by atoms with Crippen LogP contribution in [0.4, 0.5) is 5.69 Å². The highest BCUT2D eigenvalue weighted by atomic mass is 16.2. The molecule has 5 heteroatoms. The summed E-state index contributed by atoms with van der Waals surface area (Å²) >= 11 is 0. The fraction of sp³-hybridized carbons (Fsp3) is 0.143. The summed E-state index contributed by atoms with van der Waals surface area (Å²) in [5, 5.41) is 2.75. The van der Waals surface area contributed by atoms with Crippen molar-refractivity contribution in [2.75, 3.05) is 5.73 Å². The van der Waals surface area contributed by atoms with Gasteiger partial charge in [-0.2, -0.15) is 0 Å². The van der Waals surface area contributed by atoms with Crippen LogP contribution in [0.5, 0.6) is 0 Å². The van der Waals surface area contributed by atoms with Gasteiger partial charge in [0.05, 0.1) is 0 Å². The molecule has 1 aromatic carbocycles. The van der Waals surface area contributed by atoms with Gasteiger partial charge in [-0.05, 0) is 30.2 Å². The van der Waals surface area contributed by atoms with Gasteiger partial charge < -0.3 is 16.0 Å². The molecule has 0 saturated heterocycles. The van der Waals surface area contributed by atoms with E-state index in [0.29, 0.717) is 12.2 Å². The molecule has 0 atom stereocenters. The first-order valence-electron chi connectivity index (χ1n) is 5.89. The van der Waals surface area contributed by atoms with E-state index in [0.717, 1.165) is 11.1 Å². The summed E-state index contributed by atoms with van der Waals surface area (Å²) in [5.74, 6) is -0.320. The van der Waals surface area contributed by atoms with Crippen molar-refractivity contribution in [3.05, 3.63) is 63.6 Å². The molecule has 2 aromatic rings. The lowest BCUT2D eigenvalue weighted by atomic mass is 10.1. The van der Waals surface area contributed by atoms with Gasteiger partial charge >= 0.3 is 0 Å². The van der Waals surface area contributed by atoms with Crippen molar-refractivity contribution in [1.82, 2.24) is 10.3 Å². The predicted molar refractivity (Wildman–Crippen MR) is 73.8 cm³/mol. The average Bonchev–Trinajstić information content (AvgIpc) is 2.40. The number of carbonyl (C=O) groups is 1. The Morgan fingerprint density at radius 3 is 2.74 bits per heavy atom. The lowest BCUT2D eigenvalue weighted by Gasteiger charge is -2.09. The van der Waals surface area contributed by atoms with Crippen molar-refractivity contribution in [3.8, 4) is 0 Å². The normalized spacial score (nSPS) is 10.2. The van der Waals surface area contributed by atoms with E-state index in [2.05, 4.69) is 10.3 Å². The fourth-order valence-corrected chi connectivity index (χ4v) is 1.75. The Morgan fingerprint density at radius 1 is 1.26 bits per heavy atom. The van der Waals surface area contributed by atoms with Gasteiger partial charge in [0.2, 0.25) is 5.56 Å². The molecule has 0 radical (unpaired) electrons. The van der Waals surface area contributed by atoms with E-state index < -0.39 is 0 Å². The van der Waals surface area contributed by atoms with E-state index in [1.165, 1.54) is 6.07 Å². The summed E-state index contributed by atoms with van der Waals surface area (Å²) in [6.45, 7) is 2.27. The third kappa shape index (κ3) is 3.01. The standard InChI is InChI=1S/C14H15N3O2/c1-9-10(4-2-5-11(9)15)8-16-14(19)12-6-3-7-13(18)17-12/h2-7H,8,15H2,1H3,(H,16,19)(H,17,18). The number of H-pyrrole nitrogens is 1. The van der Waals surface area contributed by atoms with Crippen LogP contribution in [-0.2, 0) is 6.54 Å². The summed E-state index contributed by atoms with van der Waals surface area (Å²) in [4.78, 5) is 25.4. The molecule has 0 aliphatic carbocycles. The Hall–Kier alpha value is -2.56. The predicted octanol–water partition coefficient (Wildman–Crippen LogP) is 1.20. The Kier molecular flexibility index (Phi) is 3.66. The number of carbonyl (C=O) groups excluding carboxylic acids is 1. The molecule has 1 aromatic heterocycles. The van der Waals surface area contributed by atoms with Crippen molar-refractivity contribution in [2.24, 2.45) is 0 Å². The van der Waals surface area contributed by atoms with Crippen LogP contribution in [0, 0.1) is 6.92 Å². The number of nitrogens with one attached hydrogen (secondary N) is 2. The number of rotatable bonds is 3. The molecular formula is C14H15N3O2. The van der Waals surface area contributed by atoms with Crippen LogP contribution in [0.25, 0.3) is 0 Å². The zero-order valence-corrected chi connectivity index (χ0v) is 10.6. The molecule has 0 unspecified atom stereocenters. The molecule has 98 valence electrons. The van der Waals surface area contributed by atoms with Crippen LogP contribution in [0.1, 0.15) is 21.6 Å². The van der Waals surface area contributed by atoms with Gasteiger partial charge in [-0.3, -0.25) is 9.59 Å². The minimum atomic E-state index is -0.320. The molecule has 0 fully saturated rings. The first kappa shape index (κ1) is 12.9. The van der Waals surface area contributed by atoms with Crippen LogP contribution in [0.2, 0.25) is 0 Å². The van der Waals surface area contributed by atoms with Crippen molar-refractivity contribution >= 4 is 11.6 Å². The van der Waals surface area contributed by atoms with Gasteiger partial charge in [-0.15, -0.1) is 0 Å². The summed E-state index contributed by atoms with van der Waals surface area (Å²) in [7, 11) is 0. The summed E-state index contributed by atoms with van der Waals surface area (Å²) < 4.78 is 0. The highest BCUT2D eigenvalue weighted by Gasteiger charge is 2.07. The number of amides is 1. The summed E-state index contributed by atoms with van der Waals surface area (Å²) in [5.41, 5.74) is 8.34. The lowest BCUT2D eigenvalue weighted by Crippen LogP contribution is -2.26. The summed E-state index contributed by atoms with van der Waals surface area (Å²) in [6.07, 6.45) is 0.